The van der Waals surface area contributed by atoms with Crippen LogP contribution in [0.15, 0.2) is 40.2 Å². The molecule has 0 aliphatic heterocycles. The highest BCUT2D eigenvalue weighted by Gasteiger charge is 2.16. The molecule has 2 aromatic rings. The molecular weight excluding hydrogens is 282 g/mol. The molecule has 0 saturated carbocycles. The number of hydrogen-bond donors (Lipinski definition) is 1. The zero-order valence-corrected chi connectivity index (χ0v) is 11.7. The van der Waals surface area contributed by atoms with Crippen molar-refractivity contribution in [2.24, 2.45) is 5.73 Å². The van der Waals surface area contributed by atoms with Crippen LogP contribution >= 0.6 is 27.3 Å². The molecule has 2 rings (SSSR count). The van der Waals surface area contributed by atoms with Gasteiger partial charge in [0.1, 0.15) is 0 Å². The van der Waals surface area contributed by atoms with E-state index in [1.54, 1.807) is 11.3 Å². The summed E-state index contributed by atoms with van der Waals surface area (Å²) < 4.78 is 1.10. The van der Waals surface area contributed by atoms with Crippen LogP contribution in [0.2, 0.25) is 0 Å². The van der Waals surface area contributed by atoms with Gasteiger partial charge in [-0.25, -0.2) is 0 Å². The lowest BCUT2D eigenvalue weighted by Crippen LogP contribution is -2.27. The summed E-state index contributed by atoms with van der Waals surface area (Å²) in [6.45, 7) is 4.06. The Bertz CT molecular complexity index is 479. The van der Waals surface area contributed by atoms with E-state index in [2.05, 4.69) is 51.6 Å². The van der Waals surface area contributed by atoms with Gasteiger partial charge in [0.15, 0.2) is 0 Å². The SMILES string of the molecule is CC(C)(N)c1csc(-c2ccc(Br)cc2)c1. The summed E-state index contributed by atoms with van der Waals surface area (Å²) in [5.74, 6) is 0. The van der Waals surface area contributed by atoms with E-state index in [4.69, 9.17) is 5.73 Å². The van der Waals surface area contributed by atoms with Crippen LogP contribution in [0.1, 0.15) is 19.4 Å². The van der Waals surface area contributed by atoms with E-state index in [-0.39, 0.29) is 5.54 Å². The lowest BCUT2D eigenvalue weighted by Gasteiger charge is -2.16. The smallest absolute Gasteiger partial charge is 0.0360 e. The molecule has 0 aliphatic carbocycles. The summed E-state index contributed by atoms with van der Waals surface area (Å²) in [4.78, 5) is 1.26. The van der Waals surface area contributed by atoms with Gasteiger partial charge in [-0.3, -0.25) is 0 Å². The molecule has 1 aromatic carbocycles. The van der Waals surface area contributed by atoms with Crippen LogP contribution in [0.25, 0.3) is 10.4 Å². The van der Waals surface area contributed by atoms with Gasteiger partial charge < -0.3 is 5.73 Å². The molecule has 3 heteroatoms. The van der Waals surface area contributed by atoms with Crippen LogP contribution in [0.5, 0.6) is 0 Å². The lowest BCUT2D eigenvalue weighted by atomic mass is 9.98. The maximum Gasteiger partial charge on any atom is 0.0360 e. The molecule has 0 saturated heterocycles. The Kier molecular flexibility index (Phi) is 3.19. The lowest BCUT2D eigenvalue weighted by molar-refractivity contribution is 0.557. The second-order valence-corrected chi connectivity index (χ2v) is 6.26. The summed E-state index contributed by atoms with van der Waals surface area (Å²) in [6.07, 6.45) is 0. The molecule has 0 atom stereocenters. The van der Waals surface area contributed by atoms with Crippen LogP contribution in [-0.2, 0) is 5.54 Å². The van der Waals surface area contributed by atoms with Crippen molar-refractivity contribution >= 4 is 27.3 Å². The Balaban J connectivity index is 2.35. The van der Waals surface area contributed by atoms with Gasteiger partial charge in [0.2, 0.25) is 0 Å². The van der Waals surface area contributed by atoms with Gasteiger partial charge in [-0.1, -0.05) is 28.1 Å². The van der Waals surface area contributed by atoms with Gasteiger partial charge in [0.05, 0.1) is 0 Å². The zero-order valence-electron chi connectivity index (χ0n) is 9.33. The van der Waals surface area contributed by atoms with Crippen LogP contribution in [-0.4, -0.2) is 0 Å². The molecule has 2 N–H and O–H groups in total. The molecule has 0 fully saturated rings. The molecule has 0 aliphatic rings. The van der Waals surface area contributed by atoms with E-state index in [1.807, 2.05) is 13.8 Å². The van der Waals surface area contributed by atoms with E-state index in [0.717, 1.165) is 4.47 Å². The van der Waals surface area contributed by atoms with Gasteiger partial charge in [-0.2, -0.15) is 0 Å². The first-order chi connectivity index (χ1) is 7.47. The first-order valence-corrected chi connectivity index (χ1v) is 6.78. The fourth-order valence-electron chi connectivity index (χ4n) is 1.44. The van der Waals surface area contributed by atoms with Crippen molar-refractivity contribution < 1.29 is 0 Å². The highest BCUT2D eigenvalue weighted by Crippen LogP contribution is 2.31. The Morgan fingerprint density at radius 1 is 1.19 bits per heavy atom. The molecule has 0 spiro atoms. The van der Waals surface area contributed by atoms with Crippen LogP contribution in [0.3, 0.4) is 0 Å². The Labute approximate surface area is 108 Å². The number of halogens is 1. The third-order valence-electron chi connectivity index (χ3n) is 2.47. The molecule has 0 unspecified atom stereocenters. The molecule has 84 valence electrons. The number of thiophene rings is 1. The van der Waals surface area contributed by atoms with E-state index in [1.165, 1.54) is 16.0 Å². The fraction of sp³-hybridized carbons (Fsp3) is 0.231. The molecule has 0 bridgehead atoms. The van der Waals surface area contributed by atoms with Gasteiger partial charge in [-0.05, 0) is 48.6 Å². The minimum atomic E-state index is -0.260. The topological polar surface area (TPSA) is 26.0 Å². The third kappa shape index (κ3) is 2.54. The summed E-state index contributed by atoms with van der Waals surface area (Å²) in [7, 11) is 0. The second kappa shape index (κ2) is 4.32. The number of hydrogen-bond acceptors (Lipinski definition) is 2. The molecule has 0 radical (unpaired) electrons. The Morgan fingerprint density at radius 3 is 2.31 bits per heavy atom. The first-order valence-electron chi connectivity index (χ1n) is 5.10. The van der Waals surface area contributed by atoms with Crippen molar-refractivity contribution in [1.82, 2.24) is 0 Å². The summed E-state index contributed by atoms with van der Waals surface area (Å²) in [5.41, 5.74) is 8.24. The van der Waals surface area contributed by atoms with Gasteiger partial charge in [0, 0.05) is 14.9 Å². The molecule has 16 heavy (non-hydrogen) atoms. The van der Waals surface area contributed by atoms with Crippen molar-refractivity contribution in [3.63, 3.8) is 0 Å². The maximum atomic E-state index is 6.07. The monoisotopic (exact) mass is 295 g/mol. The van der Waals surface area contributed by atoms with Crippen LogP contribution in [0.4, 0.5) is 0 Å². The predicted molar refractivity (Wildman–Crippen MR) is 74.7 cm³/mol. The van der Waals surface area contributed by atoms with Crippen LogP contribution in [0, 0.1) is 0 Å². The predicted octanol–water partition coefficient (Wildman–Crippen LogP) is 4.37. The van der Waals surface area contributed by atoms with Crippen molar-refractivity contribution in [1.29, 1.82) is 0 Å². The average molecular weight is 296 g/mol. The quantitative estimate of drug-likeness (QED) is 0.875. The van der Waals surface area contributed by atoms with Crippen molar-refractivity contribution in [3.8, 4) is 10.4 Å². The van der Waals surface area contributed by atoms with Crippen molar-refractivity contribution in [2.75, 3.05) is 0 Å². The highest BCUT2D eigenvalue weighted by atomic mass is 79.9. The highest BCUT2D eigenvalue weighted by molar-refractivity contribution is 9.10. The summed E-state index contributed by atoms with van der Waals surface area (Å²) in [6, 6.07) is 10.5. The number of rotatable bonds is 2. The third-order valence-corrected chi connectivity index (χ3v) is 3.98. The molecule has 1 nitrogen and oxygen atoms in total. The Morgan fingerprint density at radius 2 is 1.81 bits per heavy atom. The second-order valence-electron chi connectivity index (χ2n) is 4.43. The van der Waals surface area contributed by atoms with Gasteiger partial charge in [-0.15, -0.1) is 11.3 Å². The van der Waals surface area contributed by atoms with Gasteiger partial charge >= 0.3 is 0 Å². The van der Waals surface area contributed by atoms with Gasteiger partial charge in [0.25, 0.3) is 0 Å². The van der Waals surface area contributed by atoms with E-state index >= 15 is 0 Å². The summed E-state index contributed by atoms with van der Waals surface area (Å²) >= 11 is 5.18. The minimum Gasteiger partial charge on any atom is -0.322 e. The molecule has 0 amide bonds. The molecule has 1 heterocycles. The zero-order chi connectivity index (χ0) is 11.8. The normalized spacial score (nSPS) is 11.8. The number of nitrogens with two attached hydrogens (primary N) is 1. The fourth-order valence-corrected chi connectivity index (χ4v) is 2.80. The van der Waals surface area contributed by atoms with E-state index < -0.39 is 0 Å². The van der Waals surface area contributed by atoms with Crippen LogP contribution < -0.4 is 5.73 Å². The minimum absolute atomic E-state index is 0.260. The largest absolute Gasteiger partial charge is 0.322 e. The Hall–Kier alpha value is -0.640. The van der Waals surface area contributed by atoms with E-state index in [9.17, 15) is 0 Å². The van der Waals surface area contributed by atoms with E-state index in [0.29, 0.717) is 0 Å². The summed E-state index contributed by atoms with van der Waals surface area (Å²) in [5, 5.41) is 2.14. The number of benzene rings is 1. The molecular formula is C13H14BrNS. The average Bonchev–Trinajstić information content (AvgIpc) is 2.67. The van der Waals surface area contributed by atoms with Crippen molar-refractivity contribution in [2.45, 2.75) is 19.4 Å². The molecule has 1 aromatic heterocycles. The van der Waals surface area contributed by atoms with Crippen molar-refractivity contribution in [3.05, 3.63) is 45.7 Å². The maximum absolute atomic E-state index is 6.07. The first kappa shape index (κ1) is 11.8. The standard InChI is InChI=1S/C13H14BrNS/c1-13(2,15)10-7-12(16-8-10)9-3-5-11(14)6-4-9/h3-8H,15H2,1-2H3.